The van der Waals surface area contributed by atoms with Crippen molar-refractivity contribution < 1.29 is 9.90 Å². The average molecular weight is 172 g/mol. The molecule has 0 unspecified atom stereocenters. The molecule has 0 radical (unpaired) electrons. The van der Waals surface area contributed by atoms with Crippen LogP contribution in [0.4, 0.5) is 0 Å². The van der Waals surface area contributed by atoms with Gasteiger partial charge in [0, 0.05) is 17.9 Å². The van der Waals surface area contributed by atoms with Crippen molar-refractivity contribution >= 4 is 17.7 Å². The third kappa shape index (κ3) is 9.38. The number of hydrogen-bond acceptors (Lipinski definition) is 2. The quantitative estimate of drug-likeness (QED) is 0.505. The van der Waals surface area contributed by atoms with Gasteiger partial charge in [-0.1, -0.05) is 0 Å². The predicted molar refractivity (Wildman–Crippen MR) is 47.6 cm³/mol. The van der Waals surface area contributed by atoms with Crippen LogP contribution < -0.4 is 0 Å². The van der Waals surface area contributed by atoms with Gasteiger partial charge in [-0.25, -0.2) is 0 Å². The molecule has 0 atom stereocenters. The number of carboxylic acid groups (broad SMARTS) is 1. The summed E-state index contributed by atoms with van der Waals surface area (Å²) in [6.07, 6.45) is 1.12. The highest BCUT2D eigenvalue weighted by Gasteiger charge is 1.94. The maximum atomic E-state index is 10.0. The van der Waals surface area contributed by atoms with Gasteiger partial charge >= 0.3 is 5.97 Å². The molecule has 3 heteroatoms. The Labute approximate surface area is 71.4 Å². The third-order valence-electron chi connectivity index (χ3n) is 1.01. The van der Waals surface area contributed by atoms with Gasteiger partial charge in [0.1, 0.15) is 0 Å². The normalized spacial score (nSPS) is 8.45. The van der Waals surface area contributed by atoms with Crippen LogP contribution >= 0.6 is 11.8 Å². The minimum atomic E-state index is -0.723. The van der Waals surface area contributed by atoms with Crippen LogP contribution in [0.25, 0.3) is 0 Å². The van der Waals surface area contributed by atoms with Gasteiger partial charge in [-0.2, -0.15) is 11.8 Å². The Bertz CT molecular complexity index is 167. The Morgan fingerprint density at radius 3 is 2.82 bits per heavy atom. The number of carbonyl (C=O) groups is 1. The molecule has 0 aromatic rings. The zero-order valence-electron chi connectivity index (χ0n) is 6.59. The summed E-state index contributed by atoms with van der Waals surface area (Å²) in [6, 6.07) is 0. The largest absolute Gasteiger partial charge is 0.481 e. The van der Waals surface area contributed by atoms with Gasteiger partial charge in [-0.05, 0) is 6.92 Å². The molecule has 0 fully saturated rings. The fourth-order valence-electron chi connectivity index (χ4n) is 0.510. The molecule has 0 aliphatic rings. The van der Waals surface area contributed by atoms with Crippen molar-refractivity contribution in [2.75, 3.05) is 11.5 Å². The molecule has 1 N–H and O–H groups in total. The van der Waals surface area contributed by atoms with Gasteiger partial charge in [-0.3, -0.25) is 4.79 Å². The van der Waals surface area contributed by atoms with E-state index in [1.54, 1.807) is 11.8 Å². The lowest BCUT2D eigenvalue weighted by atomic mass is 10.5. The van der Waals surface area contributed by atoms with Crippen molar-refractivity contribution in [2.45, 2.75) is 19.8 Å². The molecule has 0 saturated carbocycles. The maximum Gasteiger partial charge on any atom is 0.304 e. The van der Waals surface area contributed by atoms with Crippen LogP contribution in [0.2, 0.25) is 0 Å². The fraction of sp³-hybridized carbons (Fsp3) is 0.625. The molecule has 0 heterocycles. The third-order valence-corrected chi connectivity index (χ3v) is 1.99. The lowest BCUT2D eigenvalue weighted by Gasteiger charge is -1.93. The van der Waals surface area contributed by atoms with E-state index in [1.165, 1.54) is 0 Å². The minimum Gasteiger partial charge on any atom is -0.481 e. The Morgan fingerprint density at radius 2 is 2.27 bits per heavy atom. The van der Waals surface area contributed by atoms with E-state index in [4.69, 9.17) is 5.11 Å². The Balaban J connectivity index is 3.00. The van der Waals surface area contributed by atoms with E-state index in [2.05, 4.69) is 11.8 Å². The molecule has 0 aromatic heterocycles. The van der Waals surface area contributed by atoms with Crippen molar-refractivity contribution in [3.05, 3.63) is 0 Å². The van der Waals surface area contributed by atoms with Crippen molar-refractivity contribution in [1.82, 2.24) is 0 Å². The van der Waals surface area contributed by atoms with Crippen LogP contribution in [0.3, 0.4) is 0 Å². The summed E-state index contributed by atoms with van der Waals surface area (Å²) in [7, 11) is 0. The van der Waals surface area contributed by atoms with Crippen LogP contribution in [-0.2, 0) is 4.79 Å². The first kappa shape index (κ1) is 10.4. The van der Waals surface area contributed by atoms with Gasteiger partial charge in [-0.15, -0.1) is 11.8 Å². The topological polar surface area (TPSA) is 37.3 Å². The zero-order valence-corrected chi connectivity index (χ0v) is 7.41. The molecule has 0 aromatic carbocycles. The Morgan fingerprint density at radius 1 is 1.55 bits per heavy atom. The highest BCUT2D eigenvalue weighted by Crippen LogP contribution is 2.03. The van der Waals surface area contributed by atoms with Gasteiger partial charge in [0.15, 0.2) is 0 Å². The molecule has 0 saturated heterocycles. The van der Waals surface area contributed by atoms with E-state index >= 15 is 0 Å². The lowest BCUT2D eigenvalue weighted by molar-refractivity contribution is -0.136. The van der Waals surface area contributed by atoms with Gasteiger partial charge in [0.25, 0.3) is 0 Å². The first-order valence-corrected chi connectivity index (χ1v) is 4.62. The summed E-state index contributed by atoms with van der Waals surface area (Å²) in [5, 5.41) is 8.27. The zero-order chi connectivity index (χ0) is 8.53. The number of rotatable bonds is 5. The van der Waals surface area contributed by atoms with Crippen molar-refractivity contribution in [1.29, 1.82) is 0 Å². The summed E-state index contributed by atoms with van der Waals surface area (Å²) >= 11 is 1.64. The van der Waals surface area contributed by atoms with E-state index in [9.17, 15) is 4.79 Å². The molecule has 0 spiro atoms. The number of hydrogen-bond donors (Lipinski definition) is 1. The standard InChI is InChI=1S/C8H12O2S/c1-2-3-4-6-11-7-5-8(9)10/h4-7H2,1H3,(H,9,10). The maximum absolute atomic E-state index is 10.0. The monoisotopic (exact) mass is 172 g/mol. The predicted octanol–water partition coefficient (Wildman–Crippen LogP) is 1.61. The number of thioether (sulfide) groups is 1. The second-order valence-electron chi connectivity index (χ2n) is 1.93. The van der Waals surface area contributed by atoms with E-state index < -0.39 is 5.97 Å². The molecular weight excluding hydrogens is 160 g/mol. The Hall–Kier alpha value is -0.620. The summed E-state index contributed by atoms with van der Waals surface area (Å²) in [5.74, 6) is 6.62. The van der Waals surface area contributed by atoms with Crippen molar-refractivity contribution in [2.24, 2.45) is 0 Å². The highest BCUT2D eigenvalue weighted by atomic mass is 32.2. The molecular formula is C8H12O2S. The molecule has 0 aliphatic heterocycles. The molecule has 62 valence electrons. The second kappa shape index (κ2) is 7.49. The smallest absolute Gasteiger partial charge is 0.304 e. The van der Waals surface area contributed by atoms with Crippen LogP contribution in [0.5, 0.6) is 0 Å². The molecule has 0 aliphatic carbocycles. The Kier molecular flexibility index (Phi) is 7.06. The van der Waals surface area contributed by atoms with E-state index in [1.807, 2.05) is 6.92 Å². The van der Waals surface area contributed by atoms with E-state index in [0.717, 1.165) is 12.2 Å². The summed E-state index contributed by atoms with van der Waals surface area (Å²) in [4.78, 5) is 10.0. The van der Waals surface area contributed by atoms with Crippen LogP contribution in [0.1, 0.15) is 19.8 Å². The first-order chi connectivity index (χ1) is 5.27. The molecule has 0 rings (SSSR count). The minimum absolute atomic E-state index is 0.254. The number of aliphatic carboxylic acids is 1. The summed E-state index contributed by atoms with van der Waals surface area (Å²) < 4.78 is 0. The number of carboxylic acids is 1. The van der Waals surface area contributed by atoms with Crippen molar-refractivity contribution in [3.63, 3.8) is 0 Å². The van der Waals surface area contributed by atoms with Crippen LogP contribution in [-0.4, -0.2) is 22.6 Å². The van der Waals surface area contributed by atoms with Gasteiger partial charge in [0.05, 0.1) is 6.42 Å². The van der Waals surface area contributed by atoms with E-state index in [-0.39, 0.29) is 6.42 Å². The van der Waals surface area contributed by atoms with Crippen LogP contribution in [0.15, 0.2) is 0 Å². The lowest BCUT2D eigenvalue weighted by Crippen LogP contribution is -1.96. The van der Waals surface area contributed by atoms with E-state index in [0.29, 0.717) is 5.75 Å². The molecule has 0 bridgehead atoms. The molecule has 0 amide bonds. The SMILES string of the molecule is CC#CCCSCCC(=O)O. The molecule has 11 heavy (non-hydrogen) atoms. The highest BCUT2D eigenvalue weighted by molar-refractivity contribution is 7.99. The second-order valence-corrected chi connectivity index (χ2v) is 3.16. The average Bonchev–Trinajstić information content (AvgIpc) is 1.96. The summed E-state index contributed by atoms with van der Waals surface area (Å²) in [6.45, 7) is 1.81. The van der Waals surface area contributed by atoms with Crippen LogP contribution in [0, 0.1) is 11.8 Å². The van der Waals surface area contributed by atoms with Gasteiger partial charge in [0.2, 0.25) is 0 Å². The fourth-order valence-corrected chi connectivity index (χ4v) is 1.28. The summed E-state index contributed by atoms with van der Waals surface area (Å²) in [5.41, 5.74) is 0. The van der Waals surface area contributed by atoms with Crippen molar-refractivity contribution in [3.8, 4) is 11.8 Å². The molecule has 2 nitrogen and oxygen atoms in total. The van der Waals surface area contributed by atoms with Gasteiger partial charge < -0.3 is 5.11 Å². The first-order valence-electron chi connectivity index (χ1n) is 3.46.